The monoisotopic (exact) mass is 214 g/mol. The van der Waals surface area contributed by atoms with Gasteiger partial charge in [-0.3, -0.25) is 0 Å². The van der Waals surface area contributed by atoms with E-state index in [0.717, 1.165) is 24.2 Å². The molecule has 0 saturated carbocycles. The maximum Gasteiger partial charge on any atom is 0.140 e. The highest BCUT2D eigenvalue weighted by molar-refractivity contribution is 5.79. The molecule has 1 aliphatic carbocycles. The Morgan fingerprint density at radius 2 is 2.00 bits per heavy atom. The van der Waals surface area contributed by atoms with Gasteiger partial charge in [0.1, 0.15) is 12.0 Å². The molecule has 1 aromatic rings. The summed E-state index contributed by atoms with van der Waals surface area (Å²) in [5, 5.41) is 3.88. The highest BCUT2D eigenvalue weighted by Crippen LogP contribution is 2.18. The van der Waals surface area contributed by atoms with E-state index >= 15 is 0 Å². The predicted octanol–water partition coefficient (Wildman–Crippen LogP) is 3.68. The summed E-state index contributed by atoms with van der Waals surface area (Å²) >= 11 is 0. The average Bonchev–Trinajstić information content (AvgIpc) is 2.33. The lowest BCUT2D eigenvalue weighted by atomic mass is 10.1. The Balaban J connectivity index is 1.89. The maximum absolute atomic E-state index is 5.29. The third-order valence-electron chi connectivity index (χ3n) is 2.64. The molecule has 83 valence electrons. The van der Waals surface area contributed by atoms with Gasteiger partial charge in [0.25, 0.3) is 0 Å². The minimum Gasteiger partial charge on any atom is -0.361 e. The third kappa shape index (κ3) is 3.23. The summed E-state index contributed by atoms with van der Waals surface area (Å²) in [6.45, 7) is 2.06. The van der Waals surface area contributed by atoms with Crippen LogP contribution in [0.3, 0.4) is 0 Å². The molecule has 1 aliphatic rings. The molecule has 2 rings (SSSR count). The molecule has 2 heteroatoms. The number of hydrogen-bond donors (Lipinski definition) is 0. The van der Waals surface area contributed by atoms with Crippen molar-refractivity contribution in [2.75, 3.05) is 0 Å². The van der Waals surface area contributed by atoms with Gasteiger partial charge in [-0.2, -0.15) is 0 Å². The number of hydrogen-bond acceptors (Lipinski definition) is 2. The van der Waals surface area contributed by atoms with Crippen LogP contribution in [0.25, 0.3) is 0 Å². The summed E-state index contributed by atoms with van der Waals surface area (Å²) in [6.07, 6.45) is 9.56. The zero-order valence-electron chi connectivity index (χ0n) is 9.57. The Labute approximate surface area is 96.6 Å². The van der Waals surface area contributed by atoms with Crippen molar-refractivity contribution in [3.8, 4) is 0 Å². The summed E-state index contributed by atoms with van der Waals surface area (Å²) in [4.78, 5) is 5.29. The lowest BCUT2D eigenvalue weighted by Gasteiger charge is -2.08. The molecule has 0 N–H and O–H groups in total. The van der Waals surface area contributed by atoms with Crippen molar-refractivity contribution in [1.82, 2.24) is 0 Å². The number of aryl methyl sites for hydroxylation is 1. The van der Waals surface area contributed by atoms with Crippen molar-refractivity contribution in [3.05, 3.63) is 47.2 Å². The minimum absolute atomic E-state index is 0.946. The summed E-state index contributed by atoms with van der Waals surface area (Å²) in [7, 11) is 0. The fraction of sp³-hybridized carbons (Fsp3) is 0.357. The zero-order chi connectivity index (χ0) is 11.2. The minimum atomic E-state index is 0.946. The van der Waals surface area contributed by atoms with Crippen LogP contribution in [0.15, 0.2) is 41.3 Å². The van der Waals surface area contributed by atoms with Gasteiger partial charge in [-0.25, -0.2) is 0 Å². The van der Waals surface area contributed by atoms with Gasteiger partial charge < -0.3 is 4.84 Å². The van der Waals surface area contributed by atoms with Crippen molar-refractivity contribution < 1.29 is 4.84 Å². The molecule has 0 unspecified atom stereocenters. The third-order valence-corrected chi connectivity index (χ3v) is 2.64. The molecule has 0 atom stereocenters. The molecule has 0 fully saturated rings. The van der Waals surface area contributed by atoms with Crippen LogP contribution in [-0.4, -0.2) is 6.21 Å². The Kier molecular flexibility index (Phi) is 3.76. The Morgan fingerprint density at radius 1 is 1.19 bits per heavy atom. The van der Waals surface area contributed by atoms with Crippen LogP contribution in [0.2, 0.25) is 0 Å². The standard InChI is InChI=1S/C14H16NO/c1-12-7-9-13(10-8-12)11-15-16-14-5-3-2-4-6-14/h5,7-10H,2-4,6H2,1H3. The molecule has 0 bridgehead atoms. The number of rotatable bonds is 3. The molecule has 0 aliphatic heterocycles. The topological polar surface area (TPSA) is 21.6 Å². The van der Waals surface area contributed by atoms with Gasteiger partial charge in [-0.05, 0) is 32.3 Å². The molecule has 16 heavy (non-hydrogen) atoms. The van der Waals surface area contributed by atoms with E-state index in [1.165, 1.54) is 18.4 Å². The first-order valence-electron chi connectivity index (χ1n) is 5.73. The second-order valence-corrected chi connectivity index (χ2v) is 4.08. The first-order valence-corrected chi connectivity index (χ1v) is 5.73. The van der Waals surface area contributed by atoms with Crippen LogP contribution in [0.1, 0.15) is 36.8 Å². The van der Waals surface area contributed by atoms with Gasteiger partial charge >= 0.3 is 0 Å². The fourth-order valence-corrected chi connectivity index (χ4v) is 1.65. The normalized spacial score (nSPS) is 16.2. The van der Waals surface area contributed by atoms with Gasteiger partial charge in [0.15, 0.2) is 0 Å². The fourth-order valence-electron chi connectivity index (χ4n) is 1.65. The average molecular weight is 214 g/mol. The van der Waals surface area contributed by atoms with E-state index in [0.29, 0.717) is 0 Å². The molecule has 0 aromatic heterocycles. The molecule has 1 aromatic carbocycles. The molecule has 2 nitrogen and oxygen atoms in total. The molecule has 1 radical (unpaired) electrons. The lowest BCUT2D eigenvalue weighted by molar-refractivity contribution is 0.210. The van der Waals surface area contributed by atoms with Crippen LogP contribution in [0.5, 0.6) is 0 Å². The molecular formula is C14H16NO. The smallest absolute Gasteiger partial charge is 0.140 e. The largest absolute Gasteiger partial charge is 0.361 e. The van der Waals surface area contributed by atoms with Gasteiger partial charge in [-0.15, -0.1) is 0 Å². The van der Waals surface area contributed by atoms with E-state index in [4.69, 9.17) is 4.84 Å². The SMILES string of the molecule is Cc1ccc([C]=NOC2=CCCCC2)cc1. The zero-order valence-corrected chi connectivity index (χ0v) is 9.57. The Bertz CT molecular complexity index is 390. The predicted molar refractivity (Wildman–Crippen MR) is 65.4 cm³/mol. The number of benzene rings is 1. The Hall–Kier alpha value is -1.57. The quantitative estimate of drug-likeness (QED) is 0.555. The number of nitrogens with zero attached hydrogens (tertiary/aromatic N) is 1. The van der Waals surface area contributed by atoms with E-state index in [9.17, 15) is 0 Å². The van der Waals surface area contributed by atoms with Gasteiger partial charge in [-0.1, -0.05) is 35.0 Å². The summed E-state index contributed by atoms with van der Waals surface area (Å²) in [5.74, 6) is 0.978. The second kappa shape index (κ2) is 5.50. The van der Waals surface area contributed by atoms with E-state index < -0.39 is 0 Å². The van der Waals surface area contributed by atoms with Crippen molar-refractivity contribution in [2.24, 2.45) is 5.16 Å². The van der Waals surface area contributed by atoms with Crippen molar-refractivity contribution in [2.45, 2.75) is 32.6 Å². The van der Waals surface area contributed by atoms with Gasteiger partial charge in [0, 0.05) is 12.0 Å². The van der Waals surface area contributed by atoms with Gasteiger partial charge in [0.05, 0.1) is 0 Å². The van der Waals surface area contributed by atoms with E-state index in [1.807, 2.05) is 24.3 Å². The van der Waals surface area contributed by atoms with Crippen LogP contribution in [-0.2, 0) is 4.84 Å². The summed E-state index contributed by atoms with van der Waals surface area (Å²) in [5.41, 5.74) is 2.18. The molecule has 0 spiro atoms. The van der Waals surface area contributed by atoms with Crippen LogP contribution >= 0.6 is 0 Å². The van der Waals surface area contributed by atoms with E-state index in [2.05, 4.69) is 24.4 Å². The molecular weight excluding hydrogens is 198 g/mol. The van der Waals surface area contributed by atoms with E-state index in [-0.39, 0.29) is 0 Å². The van der Waals surface area contributed by atoms with Crippen molar-refractivity contribution in [1.29, 1.82) is 0 Å². The maximum atomic E-state index is 5.29. The first kappa shape index (κ1) is 10.9. The van der Waals surface area contributed by atoms with Gasteiger partial charge in [0.2, 0.25) is 0 Å². The molecule has 0 heterocycles. The van der Waals surface area contributed by atoms with Crippen molar-refractivity contribution in [3.63, 3.8) is 0 Å². The van der Waals surface area contributed by atoms with Crippen LogP contribution in [0.4, 0.5) is 0 Å². The van der Waals surface area contributed by atoms with E-state index in [1.54, 1.807) is 0 Å². The first-order chi connectivity index (χ1) is 7.84. The second-order valence-electron chi connectivity index (χ2n) is 4.08. The molecule has 0 amide bonds. The lowest BCUT2D eigenvalue weighted by Crippen LogP contribution is -1.93. The molecule has 0 saturated heterocycles. The summed E-state index contributed by atoms with van der Waals surface area (Å²) in [6, 6.07) is 8.05. The number of allylic oxidation sites excluding steroid dienone is 2. The van der Waals surface area contributed by atoms with Crippen LogP contribution < -0.4 is 0 Å². The van der Waals surface area contributed by atoms with Crippen LogP contribution in [0, 0.1) is 6.92 Å². The highest BCUT2D eigenvalue weighted by atomic mass is 16.6. The highest BCUT2D eigenvalue weighted by Gasteiger charge is 2.03. The summed E-state index contributed by atoms with van der Waals surface area (Å²) < 4.78 is 0. The Morgan fingerprint density at radius 3 is 2.69 bits per heavy atom. The van der Waals surface area contributed by atoms with Crippen molar-refractivity contribution >= 4 is 6.21 Å².